The lowest BCUT2D eigenvalue weighted by Crippen LogP contribution is -2.51. The Kier molecular flexibility index (Phi) is 8.42. The molecule has 4 rings (SSSR count). The number of rotatable bonds is 9. The number of aromatic nitrogens is 2. The molecule has 1 aliphatic rings. The second kappa shape index (κ2) is 11.4. The lowest BCUT2D eigenvalue weighted by atomic mass is 10.1. The second-order valence-corrected chi connectivity index (χ2v) is 12.1. The first-order valence-electron chi connectivity index (χ1n) is 12.1. The number of fused-ring (bicyclic) bond motifs is 1. The third kappa shape index (κ3) is 5.56. The number of halogens is 2. The summed E-state index contributed by atoms with van der Waals surface area (Å²) in [5.74, 6) is -0.848. The summed E-state index contributed by atoms with van der Waals surface area (Å²) >= 11 is 1.36. The van der Waals surface area contributed by atoms with Gasteiger partial charge in [0.15, 0.2) is 5.16 Å². The van der Waals surface area contributed by atoms with Gasteiger partial charge in [-0.15, -0.1) is 0 Å². The Morgan fingerprint density at radius 1 is 1.13 bits per heavy atom. The van der Waals surface area contributed by atoms with E-state index in [1.807, 2.05) is 20.1 Å². The van der Waals surface area contributed by atoms with Crippen molar-refractivity contribution in [3.8, 4) is 0 Å². The van der Waals surface area contributed by atoms with Crippen LogP contribution in [0.5, 0.6) is 0 Å². The number of nitrogens with zero attached hydrogens (tertiary/aromatic N) is 5. The average molecular weight is 578 g/mol. The van der Waals surface area contributed by atoms with Crippen LogP contribution in [-0.2, 0) is 21.3 Å². The van der Waals surface area contributed by atoms with Crippen LogP contribution in [0.15, 0.2) is 53.8 Å². The van der Waals surface area contributed by atoms with E-state index >= 15 is 4.39 Å². The van der Waals surface area contributed by atoms with Crippen LogP contribution in [0, 0.1) is 11.6 Å². The molecule has 1 unspecified atom stereocenters. The number of ether oxygens (including phenoxy) is 1. The van der Waals surface area contributed by atoms with E-state index in [9.17, 15) is 17.6 Å². The van der Waals surface area contributed by atoms with Gasteiger partial charge in [-0.3, -0.25) is 9.80 Å². The quantitative estimate of drug-likeness (QED) is 0.193. The highest BCUT2D eigenvalue weighted by Gasteiger charge is 2.36. The van der Waals surface area contributed by atoms with Gasteiger partial charge in [0.05, 0.1) is 12.2 Å². The van der Waals surface area contributed by atoms with Crippen LogP contribution >= 0.6 is 11.8 Å². The predicted molar refractivity (Wildman–Crippen MR) is 147 cm³/mol. The highest BCUT2D eigenvalue weighted by Crippen LogP contribution is 2.36. The summed E-state index contributed by atoms with van der Waals surface area (Å²) in [5.41, 5.74) is 1.04. The first-order chi connectivity index (χ1) is 18.5. The van der Waals surface area contributed by atoms with Gasteiger partial charge in [0, 0.05) is 30.6 Å². The van der Waals surface area contributed by atoms with Crippen LogP contribution in [0.3, 0.4) is 0 Å². The Morgan fingerprint density at radius 3 is 2.41 bits per heavy atom. The zero-order valence-corrected chi connectivity index (χ0v) is 23.8. The lowest BCUT2D eigenvalue weighted by Gasteiger charge is -2.38. The fourth-order valence-electron chi connectivity index (χ4n) is 4.29. The Hall–Kier alpha value is -3.29. The molecule has 3 aromatic rings. The van der Waals surface area contributed by atoms with E-state index in [4.69, 9.17) is 4.74 Å². The van der Waals surface area contributed by atoms with Gasteiger partial charge in [-0.05, 0) is 62.9 Å². The van der Waals surface area contributed by atoms with Gasteiger partial charge in [-0.25, -0.2) is 36.3 Å². The molecule has 2 heterocycles. The van der Waals surface area contributed by atoms with Gasteiger partial charge in [-0.1, -0.05) is 23.9 Å². The molecule has 0 bridgehead atoms. The first-order valence-corrected chi connectivity index (χ1v) is 14.8. The van der Waals surface area contributed by atoms with Crippen LogP contribution < -0.4 is 14.1 Å². The molecule has 9 nitrogen and oxygen atoms in total. The second-order valence-electron chi connectivity index (χ2n) is 9.18. The average Bonchev–Trinajstić information content (AvgIpc) is 2.91. The fraction of sp³-hybridized carbons (Fsp3) is 0.346. The molecule has 39 heavy (non-hydrogen) atoms. The summed E-state index contributed by atoms with van der Waals surface area (Å²) in [6.45, 7) is 4.81. The fourth-order valence-corrected chi connectivity index (χ4v) is 6.18. The molecule has 0 N–H and O–H groups in total. The number of methoxy groups -OCH3 is 1. The number of thioether (sulfide) groups is 1. The summed E-state index contributed by atoms with van der Waals surface area (Å²) in [6, 6.07) is 8.35. The van der Waals surface area contributed by atoms with Crippen LogP contribution in [0.4, 0.5) is 30.8 Å². The molecule has 0 spiro atoms. The van der Waals surface area contributed by atoms with Crippen LogP contribution in [0.25, 0.3) is 0 Å². The summed E-state index contributed by atoms with van der Waals surface area (Å²) in [4.78, 5) is 25.2. The van der Waals surface area contributed by atoms with E-state index in [0.717, 1.165) is 10.4 Å². The van der Waals surface area contributed by atoms with Crippen molar-refractivity contribution in [1.29, 1.82) is 0 Å². The molecule has 0 aliphatic carbocycles. The molecule has 1 aromatic heterocycles. The van der Waals surface area contributed by atoms with Gasteiger partial charge in [0.1, 0.15) is 29.4 Å². The van der Waals surface area contributed by atoms with E-state index < -0.39 is 33.6 Å². The van der Waals surface area contributed by atoms with Crippen molar-refractivity contribution in [2.45, 2.75) is 43.8 Å². The number of benzene rings is 2. The number of anilines is 3. The molecule has 1 aliphatic heterocycles. The Labute approximate surface area is 230 Å². The number of sulfonamides is 1. The minimum absolute atomic E-state index is 0.118. The minimum atomic E-state index is -4.18. The molecule has 208 valence electrons. The van der Waals surface area contributed by atoms with Gasteiger partial charge in [0.2, 0.25) is 10.0 Å². The number of hydrogen-bond acceptors (Lipinski definition) is 7. The number of carbonyl (C=O) groups excluding carboxylic acids is 1. The minimum Gasteiger partial charge on any atom is -0.363 e. The van der Waals surface area contributed by atoms with Crippen molar-refractivity contribution >= 4 is 45.0 Å². The Balaban J connectivity index is 1.70. The van der Waals surface area contributed by atoms with Crippen molar-refractivity contribution in [2.24, 2.45) is 0 Å². The largest absolute Gasteiger partial charge is 0.363 e. The number of urea groups is 1. The molecule has 2 amide bonds. The number of carbonyl (C=O) groups is 1. The van der Waals surface area contributed by atoms with E-state index in [-0.39, 0.29) is 30.0 Å². The monoisotopic (exact) mass is 577 g/mol. The number of hydrogen-bond donors (Lipinski definition) is 0. The summed E-state index contributed by atoms with van der Waals surface area (Å²) in [6.07, 6.45) is 3.49. The SMILES string of the molecule is COCN(c1ccc(N2Cc3cnc(SC)nc3N(C(C)C)C2=O)cc1F)S(=O)(=O)C(C)c1ccc(F)cc1. The molecular formula is C26H29F2N5O4S2. The summed E-state index contributed by atoms with van der Waals surface area (Å²) in [5, 5.41) is -0.580. The van der Waals surface area contributed by atoms with E-state index in [1.165, 1.54) is 72.0 Å². The standard InChI is InChI=1S/C26H29F2N5O4S2/c1-16(2)33-24-19(13-29-25(30-24)38-5)14-31(26(33)34)21-10-11-23(22(28)12-21)32(15-37-4)39(35,36)17(3)18-6-8-20(27)9-7-18/h6-13,16-17H,14-15H2,1-5H3. The smallest absolute Gasteiger partial charge is 0.330 e. The van der Waals surface area contributed by atoms with Crippen molar-refractivity contribution < 1.29 is 26.7 Å². The van der Waals surface area contributed by atoms with Crippen LogP contribution in [0.1, 0.15) is 37.1 Å². The van der Waals surface area contributed by atoms with Gasteiger partial charge >= 0.3 is 6.03 Å². The van der Waals surface area contributed by atoms with Crippen LogP contribution in [-0.4, -0.2) is 50.6 Å². The van der Waals surface area contributed by atoms with E-state index in [2.05, 4.69) is 9.97 Å². The molecule has 0 saturated carbocycles. The van der Waals surface area contributed by atoms with Crippen LogP contribution in [0.2, 0.25) is 0 Å². The summed E-state index contributed by atoms with van der Waals surface area (Å²) < 4.78 is 61.9. The molecule has 1 atom stereocenters. The highest BCUT2D eigenvalue weighted by molar-refractivity contribution is 7.98. The maximum Gasteiger partial charge on any atom is 0.330 e. The normalized spacial score (nSPS) is 14.5. The van der Waals surface area contributed by atoms with Crippen molar-refractivity contribution in [2.75, 3.05) is 34.2 Å². The molecule has 2 aromatic carbocycles. The van der Waals surface area contributed by atoms with Gasteiger partial charge < -0.3 is 4.74 Å². The molecule has 0 saturated heterocycles. The number of amides is 2. The van der Waals surface area contributed by atoms with Gasteiger partial charge in [0.25, 0.3) is 0 Å². The summed E-state index contributed by atoms with van der Waals surface area (Å²) in [7, 11) is -2.88. The molecule has 0 radical (unpaired) electrons. The predicted octanol–water partition coefficient (Wildman–Crippen LogP) is 5.33. The first kappa shape index (κ1) is 28.7. The molecular weight excluding hydrogens is 548 g/mol. The Bertz CT molecular complexity index is 1470. The van der Waals surface area contributed by atoms with Gasteiger partial charge in [-0.2, -0.15) is 0 Å². The maximum atomic E-state index is 15.6. The third-order valence-corrected chi connectivity index (χ3v) is 9.01. The van der Waals surface area contributed by atoms with E-state index in [1.54, 1.807) is 6.20 Å². The van der Waals surface area contributed by atoms with Crippen molar-refractivity contribution in [1.82, 2.24) is 9.97 Å². The molecule has 0 fully saturated rings. The zero-order chi connectivity index (χ0) is 28.5. The molecule has 13 heteroatoms. The van der Waals surface area contributed by atoms with Crippen molar-refractivity contribution in [3.05, 3.63) is 71.4 Å². The van der Waals surface area contributed by atoms with E-state index in [0.29, 0.717) is 22.1 Å². The topological polar surface area (TPSA) is 95.9 Å². The Morgan fingerprint density at radius 2 is 1.82 bits per heavy atom. The highest BCUT2D eigenvalue weighted by atomic mass is 32.2. The maximum absolute atomic E-state index is 15.6. The zero-order valence-electron chi connectivity index (χ0n) is 22.1. The lowest BCUT2D eigenvalue weighted by molar-refractivity contribution is 0.209. The van der Waals surface area contributed by atoms with Crippen molar-refractivity contribution in [3.63, 3.8) is 0 Å². The third-order valence-electron chi connectivity index (χ3n) is 6.36.